The molecule has 2 aliphatic rings. The van der Waals surface area contributed by atoms with E-state index in [4.69, 9.17) is 0 Å². The number of nitrogens with zero attached hydrogens (tertiary/aromatic N) is 2. The first kappa shape index (κ1) is 15.4. The van der Waals surface area contributed by atoms with E-state index in [1.165, 1.54) is 18.9 Å². The lowest BCUT2D eigenvalue weighted by molar-refractivity contribution is -0.118. The number of rotatable bonds is 4. The molecule has 5 heteroatoms. The van der Waals surface area contributed by atoms with Crippen LogP contribution in [0.2, 0.25) is 0 Å². The third-order valence-electron chi connectivity index (χ3n) is 5.45. The molecular weight excluding hydrogens is 305 g/mol. The minimum Gasteiger partial charge on any atom is -0.310 e. The summed E-state index contributed by atoms with van der Waals surface area (Å²) < 4.78 is 16.1. The number of halogens is 1. The molecule has 2 aliphatic carbocycles. The zero-order valence-electron chi connectivity index (χ0n) is 13.9. The maximum absolute atomic E-state index is 14.2. The number of amides is 1. The van der Waals surface area contributed by atoms with Gasteiger partial charge in [-0.05, 0) is 38.7 Å². The molecule has 0 spiro atoms. The Morgan fingerprint density at radius 1 is 1.29 bits per heavy atom. The zero-order chi connectivity index (χ0) is 16.7. The lowest BCUT2D eigenvalue weighted by atomic mass is 9.94. The molecule has 4 rings (SSSR count). The first-order valence-corrected chi connectivity index (χ1v) is 8.72. The van der Waals surface area contributed by atoms with Crippen LogP contribution in [0.1, 0.15) is 55.7 Å². The van der Waals surface area contributed by atoms with E-state index in [2.05, 4.69) is 10.4 Å². The number of carbonyl (C=O) groups is 1. The fraction of sp³-hybridized carbons (Fsp3) is 0.474. The van der Waals surface area contributed by atoms with E-state index < -0.39 is 5.41 Å². The molecule has 0 aliphatic heterocycles. The van der Waals surface area contributed by atoms with Crippen LogP contribution in [-0.4, -0.2) is 15.7 Å². The third kappa shape index (κ3) is 2.43. The zero-order valence-corrected chi connectivity index (χ0v) is 13.9. The van der Waals surface area contributed by atoms with Crippen molar-refractivity contribution in [2.24, 2.45) is 0 Å². The van der Waals surface area contributed by atoms with Gasteiger partial charge in [0.25, 0.3) is 0 Å². The Morgan fingerprint density at radius 2 is 2.00 bits per heavy atom. The standard InChI is InChI=1S/C19H22FN3O/c1-13-12-21-23(14-6-2-3-7-14)17(13)22-18(24)19(10-11-19)15-8-4-5-9-16(15)20/h4-5,8-9,12,14H,2-3,6-7,10-11H2,1H3,(H,22,24). The van der Waals surface area contributed by atoms with Gasteiger partial charge in [-0.25, -0.2) is 9.07 Å². The molecule has 0 radical (unpaired) electrons. The van der Waals surface area contributed by atoms with Crippen molar-refractivity contribution in [2.45, 2.75) is 56.9 Å². The van der Waals surface area contributed by atoms with Crippen LogP contribution in [0.15, 0.2) is 30.5 Å². The van der Waals surface area contributed by atoms with Gasteiger partial charge >= 0.3 is 0 Å². The van der Waals surface area contributed by atoms with Crippen LogP contribution in [0.4, 0.5) is 10.2 Å². The number of benzene rings is 1. The molecule has 126 valence electrons. The largest absolute Gasteiger partial charge is 0.310 e. The second-order valence-electron chi connectivity index (χ2n) is 7.08. The van der Waals surface area contributed by atoms with Gasteiger partial charge in [-0.3, -0.25) is 4.79 Å². The first-order chi connectivity index (χ1) is 11.6. The summed E-state index contributed by atoms with van der Waals surface area (Å²) in [5.74, 6) is 0.358. The molecule has 2 fully saturated rings. The van der Waals surface area contributed by atoms with E-state index in [9.17, 15) is 9.18 Å². The molecule has 2 saturated carbocycles. The highest BCUT2D eigenvalue weighted by molar-refractivity contribution is 6.01. The Hall–Kier alpha value is -2.17. The number of aryl methyl sites for hydroxylation is 1. The minimum absolute atomic E-state index is 0.115. The van der Waals surface area contributed by atoms with E-state index in [-0.39, 0.29) is 11.7 Å². The maximum Gasteiger partial charge on any atom is 0.236 e. The summed E-state index contributed by atoms with van der Waals surface area (Å²) in [5, 5.41) is 7.53. The molecule has 24 heavy (non-hydrogen) atoms. The number of hydrogen-bond donors (Lipinski definition) is 1. The molecule has 1 N–H and O–H groups in total. The summed E-state index contributed by atoms with van der Waals surface area (Å²) in [6, 6.07) is 6.96. The van der Waals surface area contributed by atoms with Crippen molar-refractivity contribution in [3.05, 3.63) is 47.4 Å². The van der Waals surface area contributed by atoms with Crippen molar-refractivity contribution < 1.29 is 9.18 Å². The second-order valence-corrected chi connectivity index (χ2v) is 7.08. The van der Waals surface area contributed by atoms with Crippen LogP contribution >= 0.6 is 0 Å². The van der Waals surface area contributed by atoms with Crippen LogP contribution < -0.4 is 5.32 Å². The van der Waals surface area contributed by atoms with Crippen molar-refractivity contribution in [1.29, 1.82) is 0 Å². The Labute approximate surface area is 141 Å². The summed E-state index contributed by atoms with van der Waals surface area (Å²) in [7, 11) is 0. The Morgan fingerprint density at radius 3 is 2.67 bits per heavy atom. The van der Waals surface area contributed by atoms with Crippen LogP contribution in [-0.2, 0) is 10.2 Å². The highest BCUT2D eigenvalue weighted by Crippen LogP contribution is 2.50. The van der Waals surface area contributed by atoms with Gasteiger partial charge in [0.1, 0.15) is 11.6 Å². The minimum atomic E-state index is -0.720. The summed E-state index contributed by atoms with van der Waals surface area (Å²) in [6.45, 7) is 1.96. The van der Waals surface area contributed by atoms with Gasteiger partial charge in [0.2, 0.25) is 5.91 Å². The normalized spacial score (nSPS) is 19.4. The average molecular weight is 327 g/mol. The smallest absolute Gasteiger partial charge is 0.236 e. The molecular formula is C19H22FN3O. The lowest BCUT2D eigenvalue weighted by Gasteiger charge is -2.19. The van der Waals surface area contributed by atoms with E-state index in [0.29, 0.717) is 24.4 Å². The number of carbonyl (C=O) groups excluding carboxylic acids is 1. The number of aromatic nitrogens is 2. The first-order valence-electron chi connectivity index (χ1n) is 8.72. The summed E-state index contributed by atoms with van der Waals surface area (Å²) >= 11 is 0. The van der Waals surface area contributed by atoms with Gasteiger partial charge in [0.05, 0.1) is 17.7 Å². The maximum atomic E-state index is 14.2. The summed E-state index contributed by atoms with van der Waals surface area (Å²) in [4.78, 5) is 12.9. The van der Waals surface area contributed by atoms with Gasteiger partial charge in [-0.15, -0.1) is 0 Å². The van der Waals surface area contributed by atoms with Crippen LogP contribution in [0, 0.1) is 12.7 Å². The van der Waals surface area contributed by atoms with Gasteiger partial charge in [-0.2, -0.15) is 5.10 Å². The second kappa shape index (κ2) is 5.72. The molecule has 1 aromatic carbocycles. The highest BCUT2D eigenvalue weighted by Gasteiger charge is 2.53. The third-order valence-corrected chi connectivity index (χ3v) is 5.45. The van der Waals surface area contributed by atoms with Crippen molar-refractivity contribution in [3.63, 3.8) is 0 Å². The number of anilines is 1. The average Bonchev–Trinajstić information content (AvgIpc) is 3.05. The summed E-state index contributed by atoms with van der Waals surface area (Å²) in [5.41, 5.74) is 0.745. The predicted octanol–water partition coefficient (Wildman–Crippen LogP) is 4.12. The van der Waals surface area contributed by atoms with E-state index in [1.54, 1.807) is 24.4 Å². The molecule has 4 nitrogen and oxygen atoms in total. The van der Waals surface area contributed by atoms with Crippen LogP contribution in [0.3, 0.4) is 0 Å². The molecule has 0 bridgehead atoms. The van der Waals surface area contributed by atoms with Crippen molar-refractivity contribution in [2.75, 3.05) is 5.32 Å². The quantitative estimate of drug-likeness (QED) is 0.918. The van der Waals surface area contributed by atoms with Gasteiger partial charge in [0, 0.05) is 11.1 Å². The van der Waals surface area contributed by atoms with Crippen molar-refractivity contribution in [3.8, 4) is 0 Å². The SMILES string of the molecule is Cc1cnn(C2CCCC2)c1NC(=O)C1(c2ccccc2F)CC1. The fourth-order valence-corrected chi connectivity index (χ4v) is 3.85. The van der Waals surface area contributed by atoms with E-state index in [0.717, 1.165) is 24.2 Å². The molecule has 1 heterocycles. The molecule has 1 aromatic heterocycles. The highest BCUT2D eigenvalue weighted by atomic mass is 19.1. The van der Waals surface area contributed by atoms with Crippen LogP contribution in [0.25, 0.3) is 0 Å². The van der Waals surface area contributed by atoms with Gasteiger partial charge in [-0.1, -0.05) is 31.0 Å². The fourth-order valence-electron chi connectivity index (χ4n) is 3.85. The molecule has 0 unspecified atom stereocenters. The van der Waals surface area contributed by atoms with E-state index in [1.807, 2.05) is 11.6 Å². The van der Waals surface area contributed by atoms with E-state index >= 15 is 0 Å². The lowest BCUT2D eigenvalue weighted by Crippen LogP contribution is -2.30. The topological polar surface area (TPSA) is 46.9 Å². The van der Waals surface area contributed by atoms with Gasteiger partial charge in [0.15, 0.2) is 0 Å². The Bertz CT molecular complexity index is 773. The molecule has 1 amide bonds. The Balaban J connectivity index is 1.61. The Kier molecular flexibility index (Phi) is 3.66. The molecule has 0 atom stereocenters. The monoisotopic (exact) mass is 327 g/mol. The van der Waals surface area contributed by atoms with Crippen molar-refractivity contribution >= 4 is 11.7 Å². The summed E-state index contributed by atoms with van der Waals surface area (Å²) in [6.07, 6.45) is 7.79. The van der Waals surface area contributed by atoms with Crippen LogP contribution in [0.5, 0.6) is 0 Å². The molecule has 2 aromatic rings. The number of hydrogen-bond acceptors (Lipinski definition) is 2. The number of nitrogens with one attached hydrogen (secondary N) is 1. The van der Waals surface area contributed by atoms with Crippen molar-refractivity contribution in [1.82, 2.24) is 9.78 Å². The van der Waals surface area contributed by atoms with Gasteiger partial charge < -0.3 is 5.32 Å². The molecule has 0 saturated heterocycles. The predicted molar refractivity (Wildman–Crippen MR) is 90.4 cm³/mol.